The van der Waals surface area contributed by atoms with Gasteiger partial charge in [0.2, 0.25) is 0 Å². The number of para-hydroxylation sites is 1. The molecule has 0 aromatic heterocycles. The van der Waals surface area contributed by atoms with Crippen LogP contribution in [0.4, 0.5) is 38.9 Å². The number of carbonyl (C=O) groups excluding carboxylic acids is 1. The molecule has 0 aliphatic carbocycles. The summed E-state index contributed by atoms with van der Waals surface area (Å²) in [6.07, 6.45) is 0. The fraction of sp³-hybridized carbons (Fsp3) is 0.0571. The minimum Gasteiger partial charge on any atom is -0.505 e. The van der Waals surface area contributed by atoms with E-state index in [4.69, 9.17) is 9.47 Å². The van der Waals surface area contributed by atoms with Crippen molar-refractivity contribution in [2.45, 2.75) is 14.7 Å². The number of fused-ring (bicyclic) bond motifs is 2. The number of aromatic hydroxyl groups is 2. The van der Waals surface area contributed by atoms with E-state index in [1.54, 1.807) is 18.2 Å². The maximum atomic E-state index is 13.1. The molecule has 6 aromatic rings. The summed E-state index contributed by atoms with van der Waals surface area (Å²) in [5.74, 6) is -1.15. The van der Waals surface area contributed by atoms with Crippen LogP contribution in [0.2, 0.25) is 0 Å². The van der Waals surface area contributed by atoms with Gasteiger partial charge in [-0.15, -0.1) is 20.5 Å². The molecule has 0 fully saturated rings. The molecule has 7 N–H and O–H groups in total. The Morgan fingerprint density at radius 3 is 1.48 bits per heavy atom. The van der Waals surface area contributed by atoms with Gasteiger partial charge in [-0.3, -0.25) is 13.7 Å². The first-order valence-electron chi connectivity index (χ1n) is 16.0. The van der Waals surface area contributed by atoms with Crippen LogP contribution in [-0.2, 0) is 30.4 Å². The number of amides is 2. The van der Waals surface area contributed by atoms with Gasteiger partial charge in [-0.05, 0) is 89.6 Å². The van der Waals surface area contributed by atoms with Crippen LogP contribution in [0.25, 0.3) is 21.5 Å². The summed E-state index contributed by atoms with van der Waals surface area (Å²) >= 11 is 0. The van der Waals surface area contributed by atoms with Crippen LogP contribution < -0.4 is 20.1 Å². The molecule has 0 saturated heterocycles. The maximum absolute atomic E-state index is 13.1. The van der Waals surface area contributed by atoms with Crippen molar-refractivity contribution >= 4 is 92.1 Å². The number of rotatable bonds is 11. The number of nitrogens with zero attached hydrogens (tertiary/aromatic N) is 4. The smallest absolute Gasteiger partial charge is 0.323 e. The molecule has 0 heterocycles. The summed E-state index contributed by atoms with van der Waals surface area (Å²) < 4.78 is 112. The fourth-order valence-corrected chi connectivity index (χ4v) is 7.38. The fourth-order valence-electron chi connectivity index (χ4n) is 5.57. The van der Waals surface area contributed by atoms with E-state index in [0.717, 1.165) is 30.3 Å². The van der Waals surface area contributed by atoms with Crippen LogP contribution in [0.3, 0.4) is 0 Å². The minimum absolute atomic E-state index is 0.00888. The summed E-state index contributed by atoms with van der Waals surface area (Å²) in [5, 5.41) is 42.6. The average Bonchev–Trinajstić information content (AvgIpc) is 3.15. The lowest BCUT2D eigenvalue weighted by Gasteiger charge is -2.13. The van der Waals surface area contributed by atoms with E-state index in [-0.39, 0.29) is 50.0 Å². The van der Waals surface area contributed by atoms with Crippen LogP contribution in [0.5, 0.6) is 23.0 Å². The van der Waals surface area contributed by atoms with E-state index in [9.17, 15) is 53.9 Å². The largest absolute Gasteiger partial charge is 0.505 e. The highest BCUT2D eigenvalue weighted by molar-refractivity contribution is 7.86. The van der Waals surface area contributed by atoms with Crippen molar-refractivity contribution in [3.63, 3.8) is 0 Å². The van der Waals surface area contributed by atoms with Crippen molar-refractivity contribution in [3.8, 4) is 23.0 Å². The highest BCUT2D eigenvalue weighted by Gasteiger charge is 2.24. The number of urea groups is 1. The number of carbonyl (C=O) groups is 1. The second-order valence-corrected chi connectivity index (χ2v) is 16.1. The first-order valence-corrected chi connectivity index (χ1v) is 20.3. The van der Waals surface area contributed by atoms with Crippen LogP contribution in [-0.4, -0.2) is 69.4 Å². The van der Waals surface area contributed by atoms with Crippen molar-refractivity contribution < 1.29 is 63.4 Å². The predicted molar refractivity (Wildman–Crippen MR) is 208 cm³/mol. The molecular formula is C35H28N6O14S3. The van der Waals surface area contributed by atoms with Gasteiger partial charge in [-0.25, -0.2) is 4.79 Å². The molecule has 0 radical (unpaired) electrons. The number of phenolic OH excluding ortho intramolecular Hbond substituents is 2. The number of methoxy groups -OCH3 is 2. The maximum Gasteiger partial charge on any atom is 0.323 e. The molecule has 0 saturated carbocycles. The quantitative estimate of drug-likeness (QED) is 0.0487. The first kappa shape index (κ1) is 40.9. The van der Waals surface area contributed by atoms with Crippen LogP contribution >= 0.6 is 0 Å². The lowest BCUT2D eigenvalue weighted by atomic mass is 10.1. The Morgan fingerprint density at radius 2 is 1.02 bits per heavy atom. The van der Waals surface area contributed by atoms with Gasteiger partial charge in [-0.1, -0.05) is 12.1 Å². The van der Waals surface area contributed by atoms with E-state index in [1.807, 2.05) is 0 Å². The molecule has 6 aromatic carbocycles. The van der Waals surface area contributed by atoms with Crippen molar-refractivity contribution in [1.82, 2.24) is 0 Å². The Balaban J connectivity index is 1.29. The Kier molecular flexibility index (Phi) is 11.0. The second-order valence-electron chi connectivity index (χ2n) is 11.9. The summed E-state index contributed by atoms with van der Waals surface area (Å²) in [4.78, 5) is 10.8. The standard InChI is InChI=1S/C35H28N6O14S3/c1-54-27-6-4-3-5-25(27)38-40-31-29(57(48,49)50)15-18-13-20(7-10-23(18)33(31)42)36-35(44)37-21-8-11-24-19(14-21)16-30(58(51,52)53)32(34(24)43)41-39-26-17-22(56(45,46)47)9-12-28(26)55-2/h3-17,42-43H,1-2H3,(H2,36,37,44)(H,45,46,47)(H,48,49,50)(H,51,52,53). The molecule has 0 atom stereocenters. The van der Waals surface area contributed by atoms with Crippen molar-refractivity contribution in [2.75, 3.05) is 24.9 Å². The second kappa shape index (κ2) is 15.6. The first-order chi connectivity index (χ1) is 27.3. The number of anilines is 2. The molecule has 0 aliphatic heterocycles. The van der Waals surface area contributed by atoms with E-state index < -0.39 is 73.9 Å². The van der Waals surface area contributed by atoms with Crippen molar-refractivity contribution in [1.29, 1.82) is 0 Å². The Hall–Kier alpha value is -6.76. The number of phenols is 2. The van der Waals surface area contributed by atoms with E-state index in [1.165, 1.54) is 56.7 Å². The van der Waals surface area contributed by atoms with Gasteiger partial charge in [0.25, 0.3) is 30.4 Å². The van der Waals surface area contributed by atoms with Gasteiger partial charge >= 0.3 is 6.03 Å². The number of hydrogen-bond donors (Lipinski definition) is 7. The summed E-state index contributed by atoms with van der Waals surface area (Å²) in [6.45, 7) is 0. The van der Waals surface area contributed by atoms with Gasteiger partial charge < -0.3 is 30.3 Å². The van der Waals surface area contributed by atoms with Crippen molar-refractivity contribution in [2.24, 2.45) is 20.5 Å². The number of ether oxygens (including phenoxy) is 2. The number of azo groups is 2. The average molecular weight is 853 g/mol. The molecule has 20 nitrogen and oxygen atoms in total. The zero-order valence-corrected chi connectivity index (χ0v) is 32.0. The molecular weight excluding hydrogens is 825 g/mol. The number of nitrogens with one attached hydrogen (secondary N) is 2. The topological polar surface area (TPSA) is 313 Å². The lowest BCUT2D eigenvalue weighted by Crippen LogP contribution is -2.19. The summed E-state index contributed by atoms with van der Waals surface area (Å²) in [6, 6.07) is 18.4. The summed E-state index contributed by atoms with van der Waals surface area (Å²) in [7, 11) is -12.1. The molecule has 300 valence electrons. The normalized spacial score (nSPS) is 12.4. The molecule has 0 unspecified atom stereocenters. The molecule has 0 aliphatic rings. The molecule has 0 spiro atoms. The van der Waals surface area contributed by atoms with Crippen LogP contribution in [0.1, 0.15) is 0 Å². The predicted octanol–water partition coefficient (Wildman–Crippen LogP) is 7.64. The summed E-state index contributed by atoms with van der Waals surface area (Å²) in [5.41, 5.74) is -1.23. The Bertz CT molecular complexity index is 3070. The number of benzene rings is 6. The number of hydrogen-bond acceptors (Lipinski definition) is 15. The van der Waals surface area contributed by atoms with Crippen LogP contribution in [0, 0.1) is 0 Å². The van der Waals surface area contributed by atoms with E-state index in [0.29, 0.717) is 5.75 Å². The highest BCUT2D eigenvalue weighted by Crippen LogP contribution is 2.44. The van der Waals surface area contributed by atoms with Gasteiger partial charge in [0.05, 0.1) is 19.1 Å². The van der Waals surface area contributed by atoms with E-state index in [2.05, 4.69) is 31.1 Å². The highest BCUT2D eigenvalue weighted by atomic mass is 32.2. The molecule has 6 rings (SSSR count). The molecule has 23 heteroatoms. The third-order valence-corrected chi connectivity index (χ3v) is 10.8. The van der Waals surface area contributed by atoms with Gasteiger partial charge in [0.15, 0.2) is 11.5 Å². The van der Waals surface area contributed by atoms with Crippen LogP contribution in [0.15, 0.2) is 126 Å². The Labute approximate surface area is 328 Å². The molecule has 2 amide bonds. The van der Waals surface area contributed by atoms with Gasteiger partial charge in [-0.2, -0.15) is 25.3 Å². The third kappa shape index (κ3) is 8.63. The van der Waals surface area contributed by atoms with E-state index >= 15 is 0 Å². The van der Waals surface area contributed by atoms with Crippen molar-refractivity contribution in [3.05, 3.63) is 91.0 Å². The SMILES string of the molecule is COc1ccccc1N=Nc1c(S(=O)(=O)O)cc2cc(NC(=O)Nc3ccc4c(O)c(N=Nc5cc(S(=O)(=O)O)ccc5OC)c(S(=O)(=O)O)cc4c3)ccc2c1O. The lowest BCUT2D eigenvalue weighted by molar-refractivity contribution is 0.262. The zero-order chi connectivity index (χ0) is 42.2. The molecule has 58 heavy (non-hydrogen) atoms. The Morgan fingerprint density at radius 1 is 0.552 bits per heavy atom. The zero-order valence-electron chi connectivity index (χ0n) is 29.6. The van der Waals surface area contributed by atoms with Gasteiger partial charge in [0, 0.05) is 22.1 Å². The monoisotopic (exact) mass is 852 g/mol. The third-order valence-electron chi connectivity index (χ3n) is 8.22. The minimum atomic E-state index is -5.10. The van der Waals surface area contributed by atoms with Gasteiger partial charge in [0.1, 0.15) is 44.0 Å². The molecule has 0 bridgehead atoms.